The van der Waals surface area contributed by atoms with Crippen molar-refractivity contribution in [1.82, 2.24) is 19.4 Å². The zero-order chi connectivity index (χ0) is 14.9. The Balaban J connectivity index is 1.72. The summed E-state index contributed by atoms with van der Waals surface area (Å²) in [6, 6.07) is 4.10. The van der Waals surface area contributed by atoms with E-state index in [1.807, 2.05) is 12.3 Å². The fraction of sp³-hybridized carbons (Fsp3) is 0.647. The minimum Gasteiger partial charge on any atom is -0.296 e. The number of pyridine rings is 1. The highest BCUT2D eigenvalue weighted by Gasteiger charge is 2.28. The molecule has 2 saturated heterocycles. The van der Waals surface area contributed by atoms with E-state index in [0.717, 1.165) is 22.8 Å². The molecule has 0 spiro atoms. The molecule has 118 valence electrons. The number of likely N-dealkylation sites (tertiary alicyclic amines) is 1. The van der Waals surface area contributed by atoms with E-state index in [4.69, 9.17) is 4.98 Å². The molecular formula is C17H24N4S. The molecule has 0 bridgehead atoms. The summed E-state index contributed by atoms with van der Waals surface area (Å²) >= 11 is 2.13. The van der Waals surface area contributed by atoms with E-state index in [2.05, 4.69) is 39.3 Å². The van der Waals surface area contributed by atoms with Crippen LogP contribution in [0, 0.1) is 0 Å². The minimum absolute atomic E-state index is 0.434. The molecular weight excluding hydrogens is 292 g/mol. The molecule has 4 nitrogen and oxygen atoms in total. The summed E-state index contributed by atoms with van der Waals surface area (Å²) in [5.74, 6) is 2.55. The first kappa shape index (κ1) is 14.5. The van der Waals surface area contributed by atoms with Gasteiger partial charge < -0.3 is 0 Å². The van der Waals surface area contributed by atoms with Gasteiger partial charge in [-0.1, -0.05) is 6.42 Å². The summed E-state index contributed by atoms with van der Waals surface area (Å²) in [6.07, 6.45) is 9.99. The topological polar surface area (TPSA) is 34.0 Å². The van der Waals surface area contributed by atoms with Crippen molar-refractivity contribution in [2.45, 2.75) is 49.9 Å². The summed E-state index contributed by atoms with van der Waals surface area (Å²) in [4.78, 5) is 12.0. The quantitative estimate of drug-likeness (QED) is 0.868. The standard InChI is InChI=1S/C17H24N4S/c1-20-10-5-8-16(20)21-15(12-13-6-2-3-11-22-13)19-14-7-4-9-18-17(14)21/h4,7,9,13,16H,2-3,5-6,8,10-12H2,1H3. The summed E-state index contributed by atoms with van der Waals surface area (Å²) in [5, 5.41) is 0.732. The van der Waals surface area contributed by atoms with Crippen LogP contribution in [0.5, 0.6) is 0 Å². The van der Waals surface area contributed by atoms with Crippen LogP contribution in [0.4, 0.5) is 0 Å². The smallest absolute Gasteiger partial charge is 0.161 e. The largest absolute Gasteiger partial charge is 0.296 e. The highest BCUT2D eigenvalue weighted by molar-refractivity contribution is 7.99. The summed E-state index contributed by atoms with van der Waals surface area (Å²) in [6.45, 7) is 1.18. The van der Waals surface area contributed by atoms with Gasteiger partial charge >= 0.3 is 0 Å². The predicted molar refractivity (Wildman–Crippen MR) is 92.2 cm³/mol. The fourth-order valence-electron chi connectivity index (χ4n) is 3.82. The molecule has 2 unspecified atom stereocenters. The van der Waals surface area contributed by atoms with E-state index < -0.39 is 0 Å². The van der Waals surface area contributed by atoms with Gasteiger partial charge in [0, 0.05) is 17.9 Å². The number of nitrogens with zero attached hydrogens (tertiary/aromatic N) is 4. The van der Waals surface area contributed by atoms with Crippen molar-refractivity contribution in [3.63, 3.8) is 0 Å². The zero-order valence-corrected chi connectivity index (χ0v) is 14.1. The van der Waals surface area contributed by atoms with Gasteiger partial charge in [0.2, 0.25) is 0 Å². The van der Waals surface area contributed by atoms with Crippen LogP contribution in [0.15, 0.2) is 18.3 Å². The first-order chi connectivity index (χ1) is 10.8. The van der Waals surface area contributed by atoms with Crippen molar-refractivity contribution in [2.75, 3.05) is 19.3 Å². The maximum Gasteiger partial charge on any atom is 0.161 e. The molecule has 5 heteroatoms. The molecule has 22 heavy (non-hydrogen) atoms. The maximum atomic E-state index is 4.95. The Morgan fingerprint density at radius 1 is 1.27 bits per heavy atom. The Bertz CT molecular complexity index is 647. The average Bonchev–Trinajstić information content (AvgIpc) is 3.11. The lowest BCUT2D eigenvalue weighted by atomic mass is 10.1. The molecule has 0 N–H and O–H groups in total. The lowest BCUT2D eigenvalue weighted by Gasteiger charge is -2.26. The molecule has 2 fully saturated rings. The van der Waals surface area contributed by atoms with Gasteiger partial charge in [0.25, 0.3) is 0 Å². The van der Waals surface area contributed by atoms with Crippen molar-refractivity contribution < 1.29 is 0 Å². The third kappa shape index (κ3) is 2.65. The van der Waals surface area contributed by atoms with Crippen molar-refractivity contribution in [2.24, 2.45) is 0 Å². The maximum absolute atomic E-state index is 4.95. The van der Waals surface area contributed by atoms with Crippen LogP contribution in [0.25, 0.3) is 11.2 Å². The lowest BCUT2D eigenvalue weighted by Crippen LogP contribution is -2.26. The molecule has 4 heterocycles. The third-order valence-electron chi connectivity index (χ3n) is 4.99. The second-order valence-electron chi connectivity index (χ2n) is 6.54. The van der Waals surface area contributed by atoms with E-state index in [1.54, 1.807) is 0 Å². The summed E-state index contributed by atoms with van der Waals surface area (Å²) < 4.78 is 2.43. The van der Waals surface area contributed by atoms with Gasteiger partial charge in [-0.15, -0.1) is 0 Å². The lowest BCUT2D eigenvalue weighted by molar-refractivity contribution is 0.237. The first-order valence-electron chi connectivity index (χ1n) is 8.46. The molecule has 0 aromatic carbocycles. The number of rotatable bonds is 3. The predicted octanol–water partition coefficient (Wildman–Crippen LogP) is 3.48. The van der Waals surface area contributed by atoms with Crippen LogP contribution in [0.1, 0.15) is 44.1 Å². The Morgan fingerprint density at radius 3 is 3.00 bits per heavy atom. The second kappa shape index (κ2) is 6.20. The number of thioether (sulfide) groups is 1. The van der Waals surface area contributed by atoms with E-state index in [0.29, 0.717) is 6.17 Å². The highest BCUT2D eigenvalue weighted by atomic mass is 32.2. The third-order valence-corrected chi connectivity index (χ3v) is 6.38. The average molecular weight is 316 g/mol. The van der Waals surface area contributed by atoms with Crippen LogP contribution < -0.4 is 0 Å². The van der Waals surface area contributed by atoms with Crippen LogP contribution in [0.3, 0.4) is 0 Å². The summed E-state index contributed by atoms with van der Waals surface area (Å²) in [7, 11) is 2.23. The number of hydrogen-bond donors (Lipinski definition) is 0. The van der Waals surface area contributed by atoms with E-state index >= 15 is 0 Å². The van der Waals surface area contributed by atoms with Crippen LogP contribution in [-0.2, 0) is 6.42 Å². The Hall–Kier alpha value is -1.07. The normalized spacial score (nSPS) is 26.8. The monoisotopic (exact) mass is 316 g/mol. The Morgan fingerprint density at radius 2 is 2.23 bits per heavy atom. The Labute approximate surface area is 136 Å². The van der Waals surface area contributed by atoms with Crippen molar-refractivity contribution in [3.05, 3.63) is 24.2 Å². The molecule has 0 radical (unpaired) electrons. The molecule has 2 aliphatic heterocycles. The van der Waals surface area contributed by atoms with E-state index in [9.17, 15) is 0 Å². The van der Waals surface area contributed by atoms with Crippen molar-refractivity contribution in [1.29, 1.82) is 0 Å². The number of imidazole rings is 1. The molecule has 0 saturated carbocycles. The molecule has 4 rings (SSSR count). The molecule has 2 atom stereocenters. The van der Waals surface area contributed by atoms with Gasteiger partial charge in [0.05, 0.1) is 6.17 Å². The molecule has 0 amide bonds. The van der Waals surface area contributed by atoms with Gasteiger partial charge in [0.15, 0.2) is 5.65 Å². The van der Waals surface area contributed by atoms with Gasteiger partial charge in [-0.3, -0.25) is 9.47 Å². The van der Waals surface area contributed by atoms with Crippen molar-refractivity contribution in [3.8, 4) is 0 Å². The summed E-state index contributed by atoms with van der Waals surface area (Å²) in [5.41, 5.74) is 2.12. The number of hydrogen-bond acceptors (Lipinski definition) is 4. The van der Waals surface area contributed by atoms with Crippen LogP contribution >= 0.6 is 11.8 Å². The number of fused-ring (bicyclic) bond motifs is 1. The van der Waals surface area contributed by atoms with Crippen LogP contribution in [-0.4, -0.2) is 44.0 Å². The van der Waals surface area contributed by atoms with E-state index in [-0.39, 0.29) is 0 Å². The molecule has 2 aliphatic rings. The zero-order valence-electron chi connectivity index (χ0n) is 13.2. The number of aromatic nitrogens is 3. The molecule has 2 aromatic heterocycles. The van der Waals surface area contributed by atoms with Gasteiger partial charge in [-0.25, -0.2) is 9.97 Å². The van der Waals surface area contributed by atoms with Gasteiger partial charge in [-0.05, 0) is 57.2 Å². The SMILES string of the molecule is CN1CCCC1n1c(CC2CCCCS2)nc2cccnc21. The first-order valence-corrected chi connectivity index (χ1v) is 9.51. The van der Waals surface area contributed by atoms with Crippen molar-refractivity contribution >= 4 is 22.9 Å². The minimum atomic E-state index is 0.434. The molecule has 2 aromatic rings. The fourth-order valence-corrected chi connectivity index (χ4v) is 5.13. The highest BCUT2D eigenvalue weighted by Crippen LogP contribution is 2.33. The van der Waals surface area contributed by atoms with Gasteiger partial charge in [0.1, 0.15) is 11.3 Å². The van der Waals surface area contributed by atoms with Crippen LogP contribution in [0.2, 0.25) is 0 Å². The van der Waals surface area contributed by atoms with E-state index in [1.165, 1.54) is 50.2 Å². The Kier molecular flexibility index (Phi) is 4.09. The van der Waals surface area contributed by atoms with Gasteiger partial charge in [-0.2, -0.15) is 11.8 Å². The second-order valence-corrected chi connectivity index (χ2v) is 7.95. The molecule has 0 aliphatic carbocycles.